The third-order valence-electron chi connectivity index (χ3n) is 3.42. The van der Waals surface area contributed by atoms with E-state index >= 15 is 0 Å². The van der Waals surface area contributed by atoms with Crippen molar-refractivity contribution in [3.8, 4) is 0 Å². The number of nitrogens with two attached hydrogens (primary N) is 1. The van der Waals surface area contributed by atoms with Crippen LogP contribution in [0.1, 0.15) is 42.7 Å². The van der Waals surface area contributed by atoms with E-state index in [1.807, 2.05) is 0 Å². The first-order valence-corrected chi connectivity index (χ1v) is 5.71. The normalized spacial score (nSPS) is 21.1. The van der Waals surface area contributed by atoms with Gasteiger partial charge in [-0.1, -0.05) is 12.1 Å². The zero-order valence-corrected chi connectivity index (χ0v) is 8.50. The van der Waals surface area contributed by atoms with Crippen molar-refractivity contribution in [3.63, 3.8) is 0 Å². The summed E-state index contributed by atoms with van der Waals surface area (Å²) in [7, 11) is 0. The van der Waals surface area contributed by atoms with Gasteiger partial charge in [-0.2, -0.15) is 0 Å². The molecule has 0 atom stereocenters. The zero-order chi connectivity index (χ0) is 9.54. The number of hydrogen-bond acceptors (Lipinski definition) is 1. The van der Waals surface area contributed by atoms with Crippen molar-refractivity contribution in [1.29, 1.82) is 0 Å². The molecule has 0 amide bonds. The monoisotopic (exact) mass is 187 g/mol. The first-order valence-electron chi connectivity index (χ1n) is 5.71. The van der Waals surface area contributed by atoms with Crippen LogP contribution in [0, 0.1) is 5.92 Å². The van der Waals surface area contributed by atoms with Crippen LogP contribution < -0.4 is 5.73 Å². The van der Waals surface area contributed by atoms with Gasteiger partial charge in [-0.05, 0) is 61.1 Å². The van der Waals surface area contributed by atoms with Crippen LogP contribution in [0.4, 0.5) is 5.69 Å². The van der Waals surface area contributed by atoms with Gasteiger partial charge in [-0.3, -0.25) is 0 Å². The van der Waals surface area contributed by atoms with Gasteiger partial charge in [0.2, 0.25) is 0 Å². The van der Waals surface area contributed by atoms with Crippen LogP contribution in [0.5, 0.6) is 0 Å². The quantitative estimate of drug-likeness (QED) is 0.723. The molecule has 0 aromatic heterocycles. The Morgan fingerprint density at radius 2 is 1.93 bits per heavy atom. The number of rotatable bonds is 3. The minimum absolute atomic E-state index is 0.855. The molecule has 0 spiro atoms. The van der Waals surface area contributed by atoms with Crippen LogP contribution in [0.2, 0.25) is 0 Å². The summed E-state index contributed by atoms with van der Waals surface area (Å²) >= 11 is 0. The molecular weight excluding hydrogens is 170 g/mol. The van der Waals surface area contributed by atoms with Crippen LogP contribution in [0.25, 0.3) is 0 Å². The second kappa shape index (κ2) is 3.01. The van der Waals surface area contributed by atoms with E-state index < -0.39 is 0 Å². The van der Waals surface area contributed by atoms with Gasteiger partial charge in [-0.15, -0.1) is 0 Å². The van der Waals surface area contributed by atoms with E-state index in [-0.39, 0.29) is 0 Å². The van der Waals surface area contributed by atoms with Crippen LogP contribution in [-0.4, -0.2) is 0 Å². The van der Waals surface area contributed by atoms with Crippen molar-refractivity contribution in [2.75, 3.05) is 5.73 Å². The first kappa shape index (κ1) is 8.34. The highest BCUT2D eigenvalue weighted by molar-refractivity contribution is 5.50. The Bertz CT molecular complexity index is 348. The summed E-state index contributed by atoms with van der Waals surface area (Å²) in [6, 6.07) is 6.67. The fraction of sp³-hybridized carbons (Fsp3) is 0.538. The highest BCUT2D eigenvalue weighted by Crippen LogP contribution is 2.42. The molecule has 2 aliphatic carbocycles. The molecule has 14 heavy (non-hydrogen) atoms. The summed E-state index contributed by atoms with van der Waals surface area (Å²) in [5.74, 6) is 1.79. The molecule has 0 heterocycles. The lowest BCUT2D eigenvalue weighted by atomic mass is 10.0. The highest BCUT2D eigenvalue weighted by Gasteiger charge is 2.26. The molecule has 0 bridgehead atoms. The Balaban J connectivity index is 1.86. The van der Waals surface area contributed by atoms with Gasteiger partial charge < -0.3 is 5.73 Å². The largest absolute Gasteiger partial charge is 0.399 e. The van der Waals surface area contributed by atoms with Crippen molar-refractivity contribution >= 4 is 5.69 Å². The number of hydrogen-bond donors (Lipinski definition) is 1. The Kier molecular flexibility index (Phi) is 1.79. The van der Waals surface area contributed by atoms with E-state index in [0.29, 0.717) is 0 Å². The van der Waals surface area contributed by atoms with E-state index in [0.717, 1.165) is 17.5 Å². The van der Waals surface area contributed by atoms with Crippen molar-refractivity contribution < 1.29 is 0 Å². The zero-order valence-electron chi connectivity index (χ0n) is 8.50. The molecule has 3 rings (SSSR count). The van der Waals surface area contributed by atoms with Gasteiger partial charge in [0.15, 0.2) is 0 Å². The van der Waals surface area contributed by atoms with Crippen LogP contribution >= 0.6 is 0 Å². The molecule has 2 fully saturated rings. The molecule has 1 aromatic carbocycles. The van der Waals surface area contributed by atoms with Crippen molar-refractivity contribution in [2.24, 2.45) is 5.92 Å². The summed E-state index contributed by atoms with van der Waals surface area (Å²) in [4.78, 5) is 0. The van der Waals surface area contributed by atoms with E-state index in [1.54, 1.807) is 0 Å². The Labute approximate surface area is 85.3 Å². The van der Waals surface area contributed by atoms with Gasteiger partial charge in [0.25, 0.3) is 0 Å². The standard InChI is InChI=1S/C13H17N/c14-13-6-5-11(10-3-4-10)8-12(13)7-9-1-2-9/h5-6,8-10H,1-4,7,14H2. The smallest absolute Gasteiger partial charge is 0.0346 e. The van der Waals surface area contributed by atoms with Gasteiger partial charge in [0.05, 0.1) is 0 Å². The van der Waals surface area contributed by atoms with Gasteiger partial charge in [0, 0.05) is 5.69 Å². The Morgan fingerprint density at radius 3 is 2.57 bits per heavy atom. The second-order valence-electron chi connectivity index (χ2n) is 4.88. The molecule has 0 radical (unpaired) electrons. The predicted octanol–water partition coefficient (Wildman–Crippen LogP) is 3.10. The topological polar surface area (TPSA) is 26.0 Å². The third kappa shape index (κ3) is 1.63. The summed E-state index contributed by atoms with van der Waals surface area (Å²) in [6.07, 6.45) is 6.80. The number of anilines is 1. The first-order chi connectivity index (χ1) is 6.83. The van der Waals surface area contributed by atoms with Gasteiger partial charge >= 0.3 is 0 Å². The molecule has 2 N–H and O–H groups in total. The Morgan fingerprint density at radius 1 is 1.14 bits per heavy atom. The van der Waals surface area contributed by atoms with E-state index in [4.69, 9.17) is 5.73 Å². The van der Waals surface area contributed by atoms with E-state index in [1.165, 1.54) is 43.2 Å². The Hall–Kier alpha value is -0.980. The maximum absolute atomic E-state index is 5.99. The maximum Gasteiger partial charge on any atom is 0.0346 e. The molecule has 0 unspecified atom stereocenters. The van der Waals surface area contributed by atoms with Crippen molar-refractivity contribution in [2.45, 2.75) is 38.0 Å². The van der Waals surface area contributed by atoms with Crippen molar-refractivity contribution in [3.05, 3.63) is 29.3 Å². The fourth-order valence-corrected chi connectivity index (χ4v) is 2.11. The fourth-order valence-electron chi connectivity index (χ4n) is 2.11. The van der Waals surface area contributed by atoms with E-state index in [9.17, 15) is 0 Å². The maximum atomic E-state index is 5.99. The molecule has 1 heteroatoms. The average molecular weight is 187 g/mol. The molecular formula is C13H17N. The summed E-state index contributed by atoms with van der Waals surface area (Å²) in [6.45, 7) is 0. The minimum Gasteiger partial charge on any atom is -0.399 e. The van der Waals surface area contributed by atoms with Crippen LogP contribution in [0.3, 0.4) is 0 Å². The molecule has 1 nitrogen and oxygen atoms in total. The third-order valence-corrected chi connectivity index (χ3v) is 3.42. The lowest BCUT2D eigenvalue weighted by Crippen LogP contribution is -1.97. The second-order valence-corrected chi connectivity index (χ2v) is 4.88. The van der Waals surface area contributed by atoms with Gasteiger partial charge in [-0.25, -0.2) is 0 Å². The van der Waals surface area contributed by atoms with Crippen LogP contribution in [0.15, 0.2) is 18.2 Å². The molecule has 2 aliphatic rings. The van der Waals surface area contributed by atoms with Crippen LogP contribution in [-0.2, 0) is 6.42 Å². The number of benzene rings is 1. The molecule has 74 valence electrons. The average Bonchev–Trinajstić information content (AvgIpc) is 3.01. The predicted molar refractivity (Wildman–Crippen MR) is 59.3 cm³/mol. The minimum atomic E-state index is 0.855. The lowest BCUT2D eigenvalue weighted by Gasteiger charge is -2.07. The number of nitrogen functional groups attached to an aromatic ring is 1. The summed E-state index contributed by atoms with van der Waals surface area (Å²) < 4.78 is 0. The van der Waals surface area contributed by atoms with Crippen molar-refractivity contribution in [1.82, 2.24) is 0 Å². The molecule has 0 saturated heterocycles. The van der Waals surface area contributed by atoms with E-state index in [2.05, 4.69) is 18.2 Å². The molecule has 2 saturated carbocycles. The lowest BCUT2D eigenvalue weighted by molar-refractivity contribution is 0.832. The summed E-state index contributed by atoms with van der Waals surface area (Å²) in [5.41, 5.74) is 9.91. The highest BCUT2D eigenvalue weighted by atomic mass is 14.6. The molecule has 0 aliphatic heterocycles. The van der Waals surface area contributed by atoms with Gasteiger partial charge in [0.1, 0.15) is 0 Å². The SMILES string of the molecule is Nc1ccc(C2CC2)cc1CC1CC1. The summed E-state index contributed by atoms with van der Waals surface area (Å²) in [5, 5.41) is 0. The molecule has 1 aromatic rings.